The third-order valence-electron chi connectivity index (χ3n) is 5.88. The molecule has 1 spiro atoms. The maximum absolute atomic E-state index is 12.9. The van der Waals surface area contributed by atoms with E-state index in [1.807, 2.05) is 18.0 Å². The number of hydrogen-bond acceptors (Lipinski definition) is 3. The first kappa shape index (κ1) is 17.8. The van der Waals surface area contributed by atoms with Crippen molar-refractivity contribution in [3.05, 3.63) is 23.9 Å². The van der Waals surface area contributed by atoms with E-state index >= 15 is 0 Å². The molecule has 4 atom stereocenters. The standard InChI is InChI=1S/C20H30N2OS/c1-3-5-8-15(4-2)13-22-19(23)16-14-24-20-11-7-6-9-18(20)21-12-10-17(16)20/h6-7,9,12,15-17H,3-5,8,10-11,13-14H2,1-2H3,(H,22,23). The van der Waals surface area contributed by atoms with Gasteiger partial charge >= 0.3 is 0 Å². The van der Waals surface area contributed by atoms with Crippen molar-refractivity contribution in [1.82, 2.24) is 5.32 Å². The van der Waals surface area contributed by atoms with Crippen LogP contribution in [-0.2, 0) is 4.79 Å². The van der Waals surface area contributed by atoms with Crippen LogP contribution in [0.15, 0.2) is 28.9 Å². The van der Waals surface area contributed by atoms with Crippen LogP contribution in [0.25, 0.3) is 0 Å². The summed E-state index contributed by atoms with van der Waals surface area (Å²) in [6.45, 7) is 5.30. The van der Waals surface area contributed by atoms with Crippen molar-refractivity contribution in [1.29, 1.82) is 0 Å². The van der Waals surface area contributed by atoms with Crippen LogP contribution < -0.4 is 5.32 Å². The zero-order valence-electron chi connectivity index (χ0n) is 15.0. The minimum absolute atomic E-state index is 0.0534. The second-order valence-electron chi connectivity index (χ2n) is 7.31. The highest BCUT2D eigenvalue weighted by Gasteiger charge is 2.54. The van der Waals surface area contributed by atoms with Gasteiger partial charge in [0.15, 0.2) is 0 Å². The Morgan fingerprint density at radius 2 is 2.38 bits per heavy atom. The molecule has 2 aliphatic heterocycles. The largest absolute Gasteiger partial charge is 0.356 e. The van der Waals surface area contributed by atoms with Gasteiger partial charge < -0.3 is 5.32 Å². The van der Waals surface area contributed by atoms with Gasteiger partial charge in [-0.2, -0.15) is 0 Å². The van der Waals surface area contributed by atoms with E-state index < -0.39 is 0 Å². The molecule has 0 saturated carbocycles. The van der Waals surface area contributed by atoms with Crippen LogP contribution in [0.5, 0.6) is 0 Å². The summed E-state index contributed by atoms with van der Waals surface area (Å²) >= 11 is 1.95. The summed E-state index contributed by atoms with van der Waals surface area (Å²) in [5.41, 5.74) is 1.18. The van der Waals surface area contributed by atoms with Crippen LogP contribution in [0, 0.1) is 17.8 Å². The third kappa shape index (κ3) is 3.35. The summed E-state index contributed by atoms with van der Waals surface area (Å²) in [5, 5.41) is 3.28. The van der Waals surface area contributed by atoms with E-state index in [4.69, 9.17) is 0 Å². The molecule has 0 bridgehead atoms. The van der Waals surface area contributed by atoms with E-state index in [9.17, 15) is 4.79 Å². The molecule has 1 N–H and O–H groups in total. The highest BCUT2D eigenvalue weighted by molar-refractivity contribution is 8.01. The number of hydrogen-bond donors (Lipinski definition) is 1. The monoisotopic (exact) mass is 346 g/mol. The number of carbonyl (C=O) groups is 1. The average Bonchev–Trinajstić information content (AvgIpc) is 2.99. The molecular weight excluding hydrogens is 316 g/mol. The Labute approximate surface area is 150 Å². The van der Waals surface area contributed by atoms with Gasteiger partial charge in [0.1, 0.15) is 0 Å². The molecule has 0 aromatic heterocycles. The van der Waals surface area contributed by atoms with Gasteiger partial charge in [0, 0.05) is 18.5 Å². The normalized spacial score (nSPS) is 32.0. The molecule has 1 saturated heterocycles. The summed E-state index contributed by atoms with van der Waals surface area (Å²) < 4.78 is 0.0534. The lowest BCUT2D eigenvalue weighted by atomic mass is 9.73. The van der Waals surface area contributed by atoms with E-state index in [0.717, 1.165) is 31.6 Å². The van der Waals surface area contributed by atoms with Gasteiger partial charge in [-0.1, -0.05) is 45.3 Å². The molecule has 3 nitrogen and oxygen atoms in total. The molecule has 3 rings (SSSR count). The van der Waals surface area contributed by atoms with Gasteiger partial charge in [-0.3, -0.25) is 9.79 Å². The second kappa shape index (κ2) is 7.90. The van der Waals surface area contributed by atoms with Gasteiger partial charge in [-0.25, -0.2) is 0 Å². The molecule has 1 aliphatic carbocycles. The number of nitrogens with zero attached hydrogens (tertiary/aromatic N) is 1. The highest BCUT2D eigenvalue weighted by Crippen LogP contribution is 2.56. The van der Waals surface area contributed by atoms with Crippen LogP contribution in [0.3, 0.4) is 0 Å². The van der Waals surface area contributed by atoms with Crippen LogP contribution in [0.4, 0.5) is 0 Å². The van der Waals surface area contributed by atoms with Gasteiger partial charge in [0.05, 0.1) is 16.4 Å². The van der Waals surface area contributed by atoms with Crippen molar-refractivity contribution in [3.63, 3.8) is 0 Å². The Morgan fingerprint density at radius 1 is 1.50 bits per heavy atom. The first-order valence-corrected chi connectivity index (χ1v) is 10.5. The topological polar surface area (TPSA) is 41.5 Å². The molecule has 4 heteroatoms. The number of carbonyl (C=O) groups excluding carboxylic acids is 1. The molecule has 4 unspecified atom stereocenters. The van der Waals surface area contributed by atoms with Crippen molar-refractivity contribution in [2.75, 3.05) is 12.3 Å². The summed E-state index contributed by atoms with van der Waals surface area (Å²) in [4.78, 5) is 17.5. The van der Waals surface area contributed by atoms with E-state index in [1.165, 1.54) is 25.0 Å². The molecular formula is C20H30N2OS. The summed E-state index contributed by atoms with van der Waals surface area (Å²) in [5.74, 6) is 2.34. The Balaban J connectivity index is 1.62. The summed E-state index contributed by atoms with van der Waals surface area (Å²) in [7, 11) is 0. The zero-order chi connectivity index (χ0) is 17.0. The van der Waals surface area contributed by atoms with E-state index in [-0.39, 0.29) is 16.6 Å². The number of amides is 1. The lowest BCUT2D eigenvalue weighted by Gasteiger charge is -2.39. The second-order valence-corrected chi connectivity index (χ2v) is 8.66. The minimum Gasteiger partial charge on any atom is -0.356 e. The summed E-state index contributed by atoms with van der Waals surface area (Å²) in [6.07, 6.45) is 15.3. The number of allylic oxidation sites excluding steroid dienone is 3. The number of thioether (sulfide) groups is 1. The van der Waals surface area contributed by atoms with Crippen molar-refractivity contribution < 1.29 is 4.79 Å². The number of aliphatic imine (C=N–C) groups is 1. The molecule has 3 aliphatic rings. The molecule has 2 heterocycles. The van der Waals surface area contributed by atoms with Crippen molar-refractivity contribution in [2.45, 2.75) is 57.1 Å². The number of nitrogens with one attached hydrogen (secondary N) is 1. The van der Waals surface area contributed by atoms with Crippen molar-refractivity contribution in [3.8, 4) is 0 Å². The molecule has 0 radical (unpaired) electrons. The Morgan fingerprint density at radius 3 is 3.17 bits per heavy atom. The fraction of sp³-hybridized carbons (Fsp3) is 0.700. The molecule has 0 aromatic carbocycles. The Kier molecular flexibility index (Phi) is 5.85. The van der Waals surface area contributed by atoms with E-state index in [2.05, 4.69) is 42.4 Å². The van der Waals surface area contributed by atoms with Crippen LogP contribution >= 0.6 is 11.8 Å². The summed E-state index contributed by atoms with van der Waals surface area (Å²) in [6, 6.07) is 0. The molecule has 132 valence electrons. The van der Waals surface area contributed by atoms with Crippen LogP contribution in [-0.4, -0.2) is 29.2 Å². The van der Waals surface area contributed by atoms with Gasteiger partial charge in [-0.15, -0.1) is 11.8 Å². The van der Waals surface area contributed by atoms with Crippen molar-refractivity contribution >= 4 is 23.9 Å². The van der Waals surface area contributed by atoms with Crippen LogP contribution in [0.1, 0.15) is 52.4 Å². The smallest absolute Gasteiger partial charge is 0.224 e. The molecule has 0 aromatic rings. The quantitative estimate of drug-likeness (QED) is 0.744. The van der Waals surface area contributed by atoms with Crippen LogP contribution in [0.2, 0.25) is 0 Å². The van der Waals surface area contributed by atoms with Gasteiger partial charge in [0.2, 0.25) is 5.91 Å². The molecule has 1 amide bonds. The Hall–Kier alpha value is -1.03. The zero-order valence-corrected chi connectivity index (χ0v) is 15.8. The fourth-order valence-electron chi connectivity index (χ4n) is 4.26. The minimum atomic E-state index is 0.0534. The highest BCUT2D eigenvalue weighted by atomic mass is 32.2. The predicted molar refractivity (Wildman–Crippen MR) is 103 cm³/mol. The maximum Gasteiger partial charge on any atom is 0.224 e. The average molecular weight is 347 g/mol. The lowest BCUT2D eigenvalue weighted by molar-refractivity contribution is -0.126. The van der Waals surface area contributed by atoms with Gasteiger partial charge in [0.25, 0.3) is 0 Å². The molecule has 24 heavy (non-hydrogen) atoms. The SMILES string of the molecule is CCCCC(CC)CNC(=O)C1CSC23CC=CC=C2N=CCC13. The Bertz CT molecular complexity index is 554. The first-order valence-electron chi connectivity index (χ1n) is 9.52. The third-order valence-corrected chi connectivity index (χ3v) is 7.60. The number of unbranched alkanes of at least 4 members (excludes halogenated alkanes) is 1. The molecule has 1 fully saturated rings. The van der Waals surface area contributed by atoms with E-state index in [1.54, 1.807) is 0 Å². The van der Waals surface area contributed by atoms with Gasteiger partial charge in [-0.05, 0) is 37.2 Å². The first-order chi connectivity index (χ1) is 11.7. The maximum atomic E-state index is 12.9. The van der Waals surface area contributed by atoms with E-state index in [0.29, 0.717) is 11.8 Å². The number of rotatable bonds is 7. The van der Waals surface area contributed by atoms with Crippen molar-refractivity contribution in [2.24, 2.45) is 22.7 Å². The lowest BCUT2D eigenvalue weighted by Crippen LogP contribution is -2.44. The predicted octanol–water partition coefficient (Wildman–Crippen LogP) is 4.36. The fourth-order valence-corrected chi connectivity index (χ4v) is 6.08.